The van der Waals surface area contributed by atoms with Crippen LogP contribution in [0, 0.1) is 13.8 Å². The van der Waals surface area contributed by atoms with Gasteiger partial charge in [-0.3, -0.25) is 0 Å². The Balaban J connectivity index is 2.43. The zero-order valence-electron chi connectivity index (χ0n) is 8.65. The molecule has 1 heterocycles. The van der Waals surface area contributed by atoms with Gasteiger partial charge in [0, 0.05) is 11.7 Å². The minimum absolute atomic E-state index is 0.634. The molecule has 0 fully saturated rings. The third-order valence-corrected chi connectivity index (χ3v) is 2.97. The van der Waals surface area contributed by atoms with Gasteiger partial charge in [-0.15, -0.1) is 0 Å². The topological polar surface area (TPSA) is 12.0 Å². The van der Waals surface area contributed by atoms with Crippen molar-refractivity contribution in [2.45, 2.75) is 39.7 Å². The number of hydrogen-bond acceptors (Lipinski definition) is 1. The van der Waals surface area contributed by atoms with E-state index in [1.165, 1.54) is 35.2 Å². The fourth-order valence-corrected chi connectivity index (χ4v) is 1.93. The SMILES string of the molecule is Cc1cc2c(cc1C)NC(C)CC2. The Morgan fingerprint density at radius 1 is 1.23 bits per heavy atom. The molecule has 0 bridgehead atoms. The highest BCUT2D eigenvalue weighted by Gasteiger charge is 2.14. The molecule has 1 atom stereocenters. The Morgan fingerprint density at radius 2 is 1.92 bits per heavy atom. The quantitative estimate of drug-likeness (QED) is 0.639. The molecule has 1 aromatic carbocycles. The van der Waals surface area contributed by atoms with Crippen molar-refractivity contribution in [2.75, 3.05) is 5.32 Å². The third-order valence-electron chi connectivity index (χ3n) is 2.97. The number of benzene rings is 1. The first-order valence-corrected chi connectivity index (χ1v) is 5.03. The summed E-state index contributed by atoms with van der Waals surface area (Å²) in [6.45, 7) is 6.61. The van der Waals surface area contributed by atoms with Gasteiger partial charge in [0.1, 0.15) is 0 Å². The van der Waals surface area contributed by atoms with Crippen molar-refractivity contribution in [2.24, 2.45) is 0 Å². The van der Waals surface area contributed by atoms with Crippen LogP contribution < -0.4 is 5.32 Å². The van der Waals surface area contributed by atoms with E-state index in [1.807, 2.05) is 0 Å². The van der Waals surface area contributed by atoms with E-state index in [9.17, 15) is 0 Å². The number of anilines is 1. The lowest BCUT2D eigenvalue weighted by Crippen LogP contribution is -2.22. The summed E-state index contributed by atoms with van der Waals surface area (Å²) in [5.41, 5.74) is 5.64. The summed E-state index contributed by atoms with van der Waals surface area (Å²) in [5.74, 6) is 0. The molecule has 1 nitrogen and oxygen atoms in total. The molecule has 1 N–H and O–H groups in total. The largest absolute Gasteiger partial charge is 0.382 e. The maximum absolute atomic E-state index is 3.53. The van der Waals surface area contributed by atoms with Crippen LogP contribution in [0.4, 0.5) is 5.69 Å². The molecule has 70 valence electrons. The Kier molecular flexibility index (Phi) is 2.03. The number of hydrogen-bond donors (Lipinski definition) is 1. The van der Waals surface area contributed by atoms with Gasteiger partial charge in [-0.25, -0.2) is 0 Å². The van der Waals surface area contributed by atoms with Crippen molar-refractivity contribution in [3.05, 3.63) is 28.8 Å². The van der Waals surface area contributed by atoms with Crippen LogP contribution in [0.1, 0.15) is 30.0 Å². The molecule has 0 saturated heterocycles. The van der Waals surface area contributed by atoms with Gasteiger partial charge in [-0.2, -0.15) is 0 Å². The van der Waals surface area contributed by atoms with Crippen molar-refractivity contribution in [3.63, 3.8) is 0 Å². The Labute approximate surface area is 80.2 Å². The minimum atomic E-state index is 0.634. The molecule has 1 heteroatoms. The molecule has 0 spiro atoms. The fourth-order valence-electron chi connectivity index (χ4n) is 1.93. The summed E-state index contributed by atoms with van der Waals surface area (Å²) in [4.78, 5) is 0. The van der Waals surface area contributed by atoms with Gasteiger partial charge < -0.3 is 5.32 Å². The van der Waals surface area contributed by atoms with Crippen LogP contribution in [-0.4, -0.2) is 6.04 Å². The van der Waals surface area contributed by atoms with Gasteiger partial charge in [0.25, 0.3) is 0 Å². The van der Waals surface area contributed by atoms with Crippen LogP contribution in [-0.2, 0) is 6.42 Å². The Hall–Kier alpha value is -0.980. The van der Waals surface area contributed by atoms with E-state index in [0.717, 1.165) is 0 Å². The monoisotopic (exact) mass is 175 g/mol. The number of fused-ring (bicyclic) bond motifs is 1. The lowest BCUT2D eigenvalue weighted by atomic mass is 9.95. The highest BCUT2D eigenvalue weighted by molar-refractivity contribution is 5.57. The van der Waals surface area contributed by atoms with Crippen molar-refractivity contribution < 1.29 is 0 Å². The van der Waals surface area contributed by atoms with Gasteiger partial charge in [-0.05, 0) is 56.4 Å². The second kappa shape index (κ2) is 3.06. The molecule has 1 aromatic rings. The zero-order chi connectivity index (χ0) is 9.42. The fraction of sp³-hybridized carbons (Fsp3) is 0.500. The van der Waals surface area contributed by atoms with E-state index in [-0.39, 0.29) is 0 Å². The van der Waals surface area contributed by atoms with Gasteiger partial charge in [-0.1, -0.05) is 6.07 Å². The molecular formula is C12H17N. The lowest BCUT2D eigenvalue weighted by Gasteiger charge is -2.25. The highest BCUT2D eigenvalue weighted by atomic mass is 14.9. The second-order valence-corrected chi connectivity index (χ2v) is 4.18. The average Bonchev–Trinajstić information content (AvgIpc) is 2.08. The summed E-state index contributed by atoms with van der Waals surface area (Å²) in [6, 6.07) is 5.23. The first-order chi connectivity index (χ1) is 6.16. The second-order valence-electron chi connectivity index (χ2n) is 4.18. The summed E-state index contributed by atoms with van der Waals surface area (Å²) in [6.07, 6.45) is 2.49. The molecule has 13 heavy (non-hydrogen) atoms. The van der Waals surface area contributed by atoms with Crippen LogP contribution in [0.5, 0.6) is 0 Å². The predicted molar refractivity (Wildman–Crippen MR) is 57.3 cm³/mol. The van der Waals surface area contributed by atoms with Gasteiger partial charge in [0.2, 0.25) is 0 Å². The predicted octanol–water partition coefficient (Wildman–Crippen LogP) is 3.05. The molecule has 0 amide bonds. The molecule has 0 radical (unpaired) electrons. The smallest absolute Gasteiger partial charge is 0.0377 e. The first-order valence-electron chi connectivity index (χ1n) is 5.03. The molecule has 0 aliphatic carbocycles. The van der Waals surface area contributed by atoms with E-state index in [0.29, 0.717) is 6.04 Å². The van der Waals surface area contributed by atoms with Crippen molar-refractivity contribution in [3.8, 4) is 0 Å². The maximum Gasteiger partial charge on any atom is 0.0377 e. The molecule has 2 rings (SSSR count). The molecule has 0 aromatic heterocycles. The van der Waals surface area contributed by atoms with Crippen LogP contribution in [0.2, 0.25) is 0 Å². The highest BCUT2D eigenvalue weighted by Crippen LogP contribution is 2.27. The van der Waals surface area contributed by atoms with Crippen molar-refractivity contribution >= 4 is 5.69 Å². The van der Waals surface area contributed by atoms with Crippen LogP contribution in [0.15, 0.2) is 12.1 Å². The molecule has 0 saturated carbocycles. The molecule has 1 aliphatic rings. The van der Waals surface area contributed by atoms with Gasteiger partial charge in [0.05, 0.1) is 0 Å². The zero-order valence-corrected chi connectivity index (χ0v) is 8.65. The molecular weight excluding hydrogens is 158 g/mol. The van der Waals surface area contributed by atoms with E-state index >= 15 is 0 Å². The van der Waals surface area contributed by atoms with Crippen molar-refractivity contribution in [1.29, 1.82) is 0 Å². The third kappa shape index (κ3) is 1.55. The van der Waals surface area contributed by atoms with Gasteiger partial charge >= 0.3 is 0 Å². The minimum Gasteiger partial charge on any atom is -0.382 e. The normalized spacial score (nSPS) is 20.7. The average molecular weight is 175 g/mol. The summed E-state index contributed by atoms with van der Waals surface area (Å²) in [7, 11) is 0. The van der Waals surface area contributed by atoms with Crippen LogP contribution >= 0.6 is 0 Å². The summed E-state index contributed by atoms with van der Waals surface area (Å²) < 4.78 is 0. The number of aryl methyl sites for hydroxylation is 3. The Morgan fingerprint density at radius 3 is 2.69 bits per heavy atom. The lowest BCUT2D eigenvalue weighted by molar-refractivity contribution is 0.680. The van der Waals surface area contributed by atoms with E-state index in [2.05, 4.69) is 38.2 Å². The van der Waals surface area contributed by atoms with E-state index in [1.54, 1.807) is 0 Å². The van der Waals surface area contributed by atoms with Crippen molar-refractivity contribution in [1.82, 2.24) is 0 Å². The summed E-state index contributed by atoms with van der Waals surface area (Å²) in [5, 5.41) is 3.53. The number of rotatable bonds is 0. The van der Waals surface area contributed by atoms with Gasteiger partial charge in [0.15, 0.2) is 0 Å². The first kappa shape index (κ1) is 8.61. The standard InChI is InChI=1S/C12H17N/c1-8-6-11-5-4-10(3)13-12(11)7-9(8)2/h6-7,10,13H,4-5H2,1-3H3. The van der Waals surface area contributed by atoms with E-state index in [4.69, 9.17) is 0 Å². The summed E-state index contributed by atoms with van der Waals surface area (Å²) >= 11 is 0. The maximum atomic E-state index is 3.53. The Bertz CT molecular complexity index is 328. The number of nitrogens with one attached hydrogen (secondary N) is 1. The van der Waals surface area contributed by atoms with Crippen LogP contribution in [0.25, 0.3) is 0 Å². The molecule has 1 unspecified atom stereocenters. The van der Waals surface area contributed by atoms with E-state index < -0.39 is 0 Å². The van der Waals surface area contributed by atoms with Crippen LogP contribution in [0.3, 0.4) is 0 Å². The molecule has 1 aliphatic heterocycles.